The number of nitrogens with zero attached hydrogens (tertiary/aromatic N) is 3. The maximum absolute atomic E-state index is 5.40. The Morgan fingerprint density at radius 3 is 2.30 bits per heavy atom. The minimum absolute atomic E-state index is 0.0757. The van der Waals surface area contributed by atoms with Crippen LogP contribution in [0, 0.1) is 6.92 Å². The van der Waals surface area contributed by atoms with Crippen molar-refractivity contribution in [1.82, 2.24) is 14.7 Å². The van der Waals surface area contributed by atoms with Crippen molar-refractivity contribution in [2.45, 2.75) is 39.7 Å². The summed E-state index contributed by atoms with van der Waals surface area (Å²) in [5.74, 6) is 0. The fraction of sp³-hybridized carbons (Fsp3) is 0.526. The minimum Gasteiger partial charge on any atom is -0.379 e. The highest BCUT2D eigenvalue weighted by Crippen LogP contribution is 2.23. The molecule has 0 aliphatic carbocycles. The highest BCUT2D eigenvalue weighted by atomic mass is 16.5. The average Bonchev–Trinajstić information content (AvgIpc) is 2.91. The maximum atomic E-state index is 5.40. The molecule has 2 heterocycles. The zero-order valence-electron chi connectivity index (χ0n) is 14.7. The van der Waals surface area contributed by atoms with Crippen LogP contribution >= 0.6 is 0 Å². The molecule has 0 radical (unpaired) electrons. The first-order chi connectivity index (χ1) is 10.9. The lowest BCUT2D eigenvalue weighted by atomic mass is 9.92. The fourth-order valence-electron chi connectivity index (χ4n) is 2.86. The number of ether oxygens (including phenoxy) is 1. The SMILES string of the molecule is Cc1cc(C(C)(C)C)nn1-c1ccc(CN2CCOCC2)cc1. The number of rotatable bonds is 3. The van der Waals surface area contributed by atoms with Crippen LogP contribution in [-0.2, 0) is 16.7 Å². The van der Waals surface area contributed by atoms with E-state index in [1.807, 2.05) is 4.68 Å². The summed E-state index contributed by atoms with van der Waals surface area (Å²) < 4.78 is 7.44. The first kappa shape index (κ1) is 16.2. The van der Waals surface area contributed by atoms with Crippen LogP contribution in [0.15, 0.2) is 30.3 Å². The Morgan fingerprint density at radius 1 is 1.09 bits per heavy atom. The summed E-state index contributed by atoms with van der Waals surface area (Å²) in [6.07, 6.45) is 0. The molecular weight excluding hydrogens is 286 g/mol. The van der Waals surface area contributed by atoms with Crippen molar-refractivity contribution in [3.05, 3.63) is 47.3 Å². The molecule has 0 N–H and O–H groups in total. The minimum atomic E-state index is 0.0757. The Balaban J connectivity index is 1.75. The predicted octanol–water partition coefficient (Wildman–Crippen LogP) is 3.31. The van der Waals surface area contributed by atoms with Crippen LogP contribution in [0.1, 0.15) is 37.7 Å². The van der Waals surface area contributed by atoms with Crippen molar-refractivity contribution in [2.24, 2.45) is 0 Å². The van der Waals surface area contributed by atoms with Crippen molar-refractivity contribution < 1.29 is 4.74 Å². The predicted molar refractivity (Wildman–Crippen MR) is 93.1 cm³/mol. The molecule has 0 bridgehead atoms. The Morgan fingerprint density at radius 2 is 1.74 bits per heavy atom. The molecular formula is C19H27N3O. The molecule has 1 aromatic carbocycles. The zero-order valence-corrected chi connectivity index (χ0v) is 14.7. The first-order valence-corrected chi connectivity index (χ1v) is 8.40. The third kappa shape index (κ3) is 3.82. The molecule has 0 spiro atoms. The molecule has 0 unspecified atom stereocenters. The summed E-state index contributed by atoms with van der Waals surface area (Å²) in [6, 6.07) is 10.9. The third-order valence-electron chi connectivity index (χ3n) is 4.35. The van der Waals surface area contributed by atoms with Crippen LogP contribution in [0.25, 0.3) is 5.69 Å². The average molecular weight is 313 g/mol. The van der Waals surface area contributed by atoms with E-state index in [2.05, 4.69) is 62.9 Å². The molecule has 23 heavy (non-hydrogen) atoms. The van der Waals surface area contributed by atoms with E-state index in [-0.39, 0.29) is 5.41 Å². The summed E-state index contributed by atoms with van der Waals surface area (Å²) in [6.45, 7) is 13.4. The van der Waals surface area contributed by atoms with Gasteiger partial charge in [-0.25, -0.2) is 4.68 Å². The van der Waals surface area contributed by atoms with Crippen LogP contribution < -0.4 is 0 Å². The fourth-order valence-corrected chi connectivity index (χ4v) is 2.86. The van der Waals surface area contributed by atoms with E-state index in [0.29, 0.717) is 0 Å². The van der Waals surface area contributed by atoms with E-state index in [4.69, 9.17) is 9.84 Å². The van der Waals surface area contributed by atoms with Gasteiger partial charge in [-0.15, -0.1) is 0 Å². The molecule has 1 fully saturated rings. The number of hydrogen-bond donors (Lipinski definition) is 0. The van der Waals surface area contributed by atoms with Gasteiger partial charge >= 0.3 is 0 Å². The lowest BCUT2D eigenvalue weighted by molar-refractivity contribution is 0.0342. The summed E-state index contributed by atoms with van der Waals surface area (Å²) in [5, 5.41) is 4.79. The second-order valence-electron chi connectivity index (χ2n) is 7.39. The number of aryl methyl sites for hydroxylation is 1. The summed E-state index contributed by atoms with van der Waals surface area (Å²) >= 11 is 0. The van der Waals surface area contributed by atoms with Crippen molar-refractivity contribution >= 4 is 0 Å². The monoisotopic (exact) mass is 313 g/mol. The zero-order chi connectivity index (χ0) is 16.4. The van der Waals surface area contributed by atoms with Gasteiger partial charge in [-0.2, -0.15) is 5.10 Å². The van der Waals surface area contributed by atoms with Crippen LogP contribution in [0.3, 0.4) is 0 Å². The van der Waals surface area contributed by atoms with Gasteiger partial charge in [-0.3, -0.25) is 4.90 Å². The standard InChI is InChI=1S/C19H27N3O/c1-15-13-18(19(2,3)4)20-22(15)17-7-5-16(6-8-17)14-21-9-11-23-12-10-21/h5-8,13H,9-12,14H2,1-4H3. The van der Waals surface area contributed by atoms with Crippen LogP contribution in [-0.4, -0.2) is 41.0 Å². The highest BCUT2D eigenvalue weighted by molar-refractivity contribution is 5.36. The number of aromatic nitrogens is 2. The van der Waals surface area contributed by atoms with Crippen molar-refractivity contribution in [1.29, 1.82) is 0 Å². The third-order valence-corrected chi connectivity index (χ3v) is 4.35. The Hall–Kier alpha value is -1.65. The number of hydrogen-bond acceptors (Lipinski definition) is 3. The molecule has 0 atom stereocenters. The molecule has 1 aliphatic rings. The van der Waals surface area contributed by atoms with Crippen molar-refractivity contribution in [3.63, 3.8) is 0 Å². The number of morpholine rings is 1. The Labute approximate surface area is 139 Å². The lowest BCUT2D eigenvalue weighted by Crippen LogP contribution is -2.35. The maximum Gasteiger partial charge on any atom is 0.0685 e. The van der Waals surface area contributed by atoms with Crippen LogP contribution in [0.2, 0.25) is 0 Å². The Bertz CT molecular complexity index is 646. The first-order valence-electron chi connectivity index (χ1n) is 8.40. The van der Waals surface area contributed by atoms with Crippen molar-refractivity contribution in [3.8, 4) is 5.69 Å². The van der Waals surface area contributed by atoms with Crippen LogP contribution in [0.4, 0.5) is 0 Å². The van der Waals surface area contributed by atoms with Crippen LogP contribution in [0.5, 0.6) is 0 Å². The van der Waals surface area contributed by atoms with Gasteiger partial charge in [0, 0.05) is 30.7 Å². The molecule has 124 valence electrons. The molecule has 1 aromatic heterocycles. The van der Waals surface area contributed by atoms with Gasteiger partial charge in [0.25, 0.3) is 0 Å². The van der Waals surface area contributed by atoms with Gasteiger partial charge in [0.1, 0.15) is 0 Å². The second kappa shape index (κ2) is 6.46. The molecule has 0 amide bonds. The molecule has 4 heteroatoms. The molecule has 3 rings (SSSR count). The molecule has 2 aromatic rings. The van der Waals surface area contributed by atoms with Gasteiger partial charge in [0.05, 0.1) is 24.6 Å². The van der Waals surface area contributed by atoms with Gasteiger partial charge in [-0.05, 0) is 30.7 Å². The highest BCUT2D eigenvalue weighted by Gasteiger charge is 2.19. The quantitative estimate of drug-likeness (QED) is 0.871. The van der Waals surface area contributed by atoms with Gasteiger partial charge in [-0.1, -0.05) is 32.9 Å². The topological polar surface area (TPSA) is 30.3 Å². The molecule has 1 aliphatic heterocycles. The van der Waals surface area contributed by atoms with E-state index >= 15 is 0 Å². The van der Waals surface area contributed by atoms with E-state index in [1.54, 1.807) is 0 Å². The smallest absolute Gasteiger partial charge is 0.0685 e. The van der Waals surface area contributed by atoms with E-state index in [9.17, 15) is 0 Å². The lowest BCUT2D eigenvalue weighted by Gasteiger charge is -2.26. The van der Waals surface area contributed by atoms with E-state index < -0.39 is 0 Å². The van der Waals surface area contributed by atoms with Gasteiger partial charge < -0.3 is 4.74 Å². The summed E-state index contributed by atoms with van der Waals surface area (Å²) in [4.78, 5) is 2.44. The summed E-state index contributed by atoms with van der Waals surface area (Å²) in [5.41, 5.74) is 4.86. The van der Waals surface area contributed by atoms with Gasteiger partial charge in [0.15, 0.2) is 0 Å². The molecule has 4 nitrogen and oxygen atoms in total. The largest absolute Gasteiger partial charge is 0.379 e. The van der Waals surface area contributed by atoms with E-state index in [1.165, 1.54) is 11.3 Å². The molecule has 1 saturated heterocycles. The van der Waals surface area contributed by atoms with E-state index in [0.717, 1.165) is 44.2 Å². The number of benzene rings is 1. The second-order valence-corrected chi connectivity index (χ2v) is 7.39. The Kier molecular flexibility index (Phi) is 4.55. The summed E-state index contributed by atoms with van der Waals surface area (Å²) in [7, 11) is 0. The van der Waals surface area contributed by atoms with Gasteiger partial charge in [0.2, 0.25) is 0 Å². The van der Waals surface area contributed by atoms with Crippen molar-refractivity contribution in [2.75, 3.05) is 26.3 Å². The normalized spacial score (nSPS) is 16.7. The molecule has 0 saturated carbocycles.